The maximum Gasteiger partial charge on any atom is 0.204 e. The van der Waals surface area contributed by atoms with Crippen LogP contribution in [0, 0.1) is 0 Å². The van der Waals surface area contributed by atoms with Crippen molar-refractivity contribution in [3.8, 4) is 5.75 Å². The summed E-state index contributed by atoms with van der Waals surface area (Å²) in [5, 5.41) is 13.3. The molecule has 4 nitrogen and oxygen atoms in total. The minimum Gasteiger partial charge on any atom is -0.508 e. The third-order valence-electron chi connectivity index (χ3n) is 3.59. The lowest BCUT2D eigenvalue weighted by Gasteiger charge is -2.14. The predicted molar refractivity (Wildman–Crippen MR) is 93.3 cm³/mol. The molecule has 0 amide bonds. The average Bonchev–Trinajstić information content (AvgIpc) is 2.86. The van der Waals surface area contributed by atoms with E-state index in [9.17, 15) is 5.11 Å². The molecule has 0 spiro atoms. The molecule has 1 heterocycles. The second-order valence-electron chi connectivity index (χ2n) is 5.51. The van der Waals surface area contributed by atoms with Crippen LogP contribution in [0.3, 0.4) is 0 Å². The number of phenols is 1. The average molecular weight is 360 g/mol. The van der Waals surface area contributed by atoms with Crippen LogP contribution in [0.2, 0.25) is 0 Å². The minimum absolute atomic E-state index is 0.280. The van der Waals surface area contributed by atoms with Crippen molar-refractivity contribution in [2.24, 2.45) is 0 Å². The van der Waals surface area contributed by atoms with Crippen LogP contribution in [-0.2, 0) is 6.54 Å². The normalized spacial score (nSPS) is 11.3. The molecule has 22 heavy (non-hydrogen) atoms. The Morgan fingerprint density at radius 1 is 1.23 bits per heavy atom. The molecule has 0 aliphatic heterocycles. The van der Waals surface area contributed by atoms with Gasteiger partial charge < -0.3 is 15.0 Å². The highest BCUT2D eigenvalue weighted by Gasteiger charge is 2.13. The van der Waals surface area contributed by atoms with Gasteiger partial charge in [-0.2, -0.15) is 0 Å². The van der Waals surface area contributed by atoms with Crippen molar-refractivity contribution in [1.29, 1.82) is 0 Å². The van der Waals surface area contributed by atoms with E-state index in [2.05, 4.69) is 50.7 Å². The summed E-state index contributed by atoms with van der Waals surface area (Å²) in [4.78, 5) is 4.66. The summed E-state index contributed by atoms with van der Waals surface area (Å²) in [7, 11) is 0. The maximum absolute atomic E-state index is 9.94. The SMILES string of the molecule is CC(C)n1c(NCc2cc(Br)ccc2O)nc2ccccc21. The molecule has 0 saturated carbocycles. The van der Waals surface area contributed by atoms with Crippen molar-refractivity contribution < 1.29 is 5.11 Å². The van der Waals surface area contributed by atoms with Crippen molar-refractivity contribution in [3.05, 3.63) is 52.5 Å². The summed E-state index contributed by atoms with van der Waals surface area (Å²) in [6.07, 6.45) is 0. The van der Waals surface area contributed by atoms with Crippen molar-refractivity contribution in [2.45, 2.75) is 26.4 Å². The molecule has 0 fully saturated rings. The van der Waals surface area contributed by atoms with Crippen molar-refractivity contribution in [3.63, 3.8) is 0 Å². The molecular formula is C17H18BrN3O. The molecule has 1 aromatic heterocycles. The number of nitrogens with zero attached hydrogens (tertiary/aromatic N) is 2. The third-order valence-corrected chi connectivity index (χ3v) is 4.08. The van der Waals surface area contributed by atoms with E-state index in [1.165, 1.54) is 0 Å². The zero-order valence-electron chi connectivity index (χ0n) is 12.5. The van der Waals surface area contributed by atoms with Gasteiger partial charge in [0.1, 0.15) is 5.75 Å². The first-order valence-corrected chi connectivity index (χ1v) is 8.04. The van der Waals surface area contributed by atoms with Crippen LogP contribution in [0.25, 0.3) is 11.0 Å². The number of aromatic nitrogens is 2. The Morgan fingerprint density at radius 3 is 2.77 bits per heavy atom. The summed E-state index contributed by atoms with van der Waals surface area (Å²) < 4.78 is 3.11. The number of fused-ring (bicyclic) bond motifs is 1. The summed E-state index contributed by atoms with van der Waals surface area (Å²) in [5.41, 5.74) is 2.91. The van der Waals surface area contributed by atoms with E-state index in [4.69, 9.17) is 0 Å². The Hall–Kier alpha value is -2.01. The van der Waals surface area contributed by atoms with Crippen molar-refractivity contribution in [1.82, 2.24) is 9.55 Å². The number of benzene rings is 2. The molecule has 0 bridgehead atoms. The molecule has 0 radical (unpaired) electrons. The smallest absolute Gasteiger partial charge is 0.204 e. The van der Waals surface area contributed by atoms with Gasteiger partial charge in [-0.1, -0.05) is 28.1 Å². The number of halogens is 1. The van der Waals surface area contributed by atoms with Gasteiger partial charge in [0, 0.05) is 22.6 Å². The fraction of sp³-hybridized carbons (Fsp3) is 0.235. The van der Waals surface area contributed by atoms with Gasteiger partial charge in [-0.25, -0.2) is 4.98 Å². The van der Waals surface area contributed by atoms with E-state index in [1.54, 1.807) is 6.07 Å². The zero-order chi connectivity index (χ0) is 15.7. The van der Waals surface area contributed by atoms with E-state index in [0.717, 1.165) is 27.0 Å². The Labute approximate surface area is 137 Å². The summed E-state index contributed by atoms with van der Waals surface area (Å²) in [6, 6.07) is 13.8. The Balaban J connectivity index is 1.93. The highest BCUT2D eigenvalue weighted by atomic mass is 79.9. The molecule has 0 saturated heterocycles. The summed E-state index contributed by atoms with van der Waals surface area (Å²) in [5.74, 6) is 1.10. The highest BCUT2D eigenvalue weighted by Crippen LogP contribution is 2.26. The molecule has 114 valence electrons. The molecular weight excluding hydrogens is 342 g/mol. The molecule has 3 aromatic rings. The highest BCUT2D eigenvalue weighted by molar-refractivity contribution is 9.10. The van der Waals surface area contributed by atoms with Gasteiger partial charge in [0.05, 0.1) is 11.0 Å². The number of hydrogen-bond donors (Lipinski definition) is 2. The molecule has 2 aromatic carbocycles. The van der Waals surface area contributed by atoms with E-state index in [-0.39, 0.29) is 5.75 Å². The lowest BCUT2D eigenvalue weighted by atomic mass is 10.2. The number of imidazole rings is 1. The van der Waals surface area contributed by atoms with Crippen LogP contribution in [0.1, 0.15) is 25.5 Å². The fourth-order valence-electron chi connectivity index (χ4n) is 2.56. The first kappa shape index (κ1) is 14.9. The molecule has 0 atom stereocenters. The van der Waals surface area contributed by atoms with Crippen LogP contribution in [0.5, 0.6) is 5.75 Å². The predicted octanol–water partition coefficient (Wildman–Crippen LogP) is 4.70. The molecule has 5 heteroatoms. The molecule has 0 aliphatic carbocycles. The van der Waals surface area contributed by atoms with Gasteiger partial charge in [0.2, 0.25) is 5.95 Å². The number of anilines is 1. The van der Waals surface area contributed by atoms with Gasteiger partial charge in [0.25, 0.3) is 0 Å². The van der Waals surface area contributed by atoms with Crippen molar-refractivity contribution in [2.75, 3.05) is 5.32 Å². The van der Waals surface area contributed by atoms with E-state index < -0.39 is 0 Å². The van der Waals surface area contributed by atoms with Crippen molar-refractivity contribution >= 4 is 32.9 Å². The van der Waals surface area contributed by atoms with Gasteiger partial charge in [-0.05, 0) is 44.2 Å². The standard InChI is InChI=1S/C17H18BrN3O/c1-11(2)21-15-6-4-3-5-14(15)20-17(21)19-10-12-9-13(18)7-8-16(12)22/h3-9,11,22H,10H2,1-2H3,(H,19,20). The van der Waals surface area contributed by atoms with Crippen LogP contribution in [-0.4, -0.2) is 14.7 Å². The van der Waals surface area contributed by atoms with Gasteiger partial charge >= 0.3 is 0 Å². The largest absolute Gasteiger partial charge is 0.508 e. The quantitative estimate of drug-likeness (QED) is 0.709. The fourth-order valence-corrected chi connectivity index (χ4v) is 2.97. The number of nitrogens with one attached hydrogen (secondary N) is 1. The van der Waals surface area contributed by atoms with Gasteiger partial charge in [-0.15, -0.1) is 0 Å². The van der Waals surface area contributed by atoms with Crippen LogP contribution in [0.4, 0.5) is 5.95 Å². The number of para-hydroxylation sites is 2. The first-order valence-electron chi connectivity index (χ1n) is 7.24. The van der Waals surface area contributed by atoms with E-state index in [0.29, 0.717) is 12.6 Å². The lowest BCUT2D eigenvalue weighted by molar-refractivity contribution is 0.469. The molecule has 3 rings (SSSR count). The number of rotatable bonds is 4. The monoisotopic (exact) mass is 359 g/mol. The Kier molecular flexibility index (Phi) is 4.07. The van der Waals surface area contributed by atoms with Gasteiger partial charge in [0.15, 0.2) is 0 Å². The van der Waals surface area contributed by atoms with E-state index in [1.807, 2.05) is 30.3 Å². The molecule has 0 unspecified atom stereocenters. The van der Waals surface area contributed by atoms with Gasteiger partial charge in [-0.3, -0.25) is 0 Å². The second kappa shape index (κ2) is 6.01. The first-order chi connectivity index (χ1) is 10.6. The summed E-state index contributed by atoms with van der Waals surface area (Å²) >= 11 is 3.43. The third kappa shape index (κ3) is 2.81. The number of phenolic OH excluding ortho intramolecular Hbond substituents is 1. The Morgan fingerprint density at radius 2 is 2.00 bits per heavy atom. The molecule has 2 N–H and O–H groups in total. The molecule has 0 aliphatic rings. The number of aromatic hydroxyl groups is 1. The summed E-state index contributed by atoms with van der Waals surface area (Å²) in [6.45, 7) is 4.78. The lowest BCUT2D eigenvalue weighted by Crippen LogP contribution is -2.09. The topological polar surface area (TPSA) is 50.1 Å². The number of hydrogen-bond acceptors (Lipinski definition) is 3. The van der Waals surface area contributed by atoms with Crippen LogP contribution < -0.4 is 5.32 Å². The van der Waals surface area contributed by atoms with E-state index >= 15 is 0 Å². The van der Waals surface area contributed by atoms with Crippen LogP contribution in [0.15, 0.2) is 46.9 Å². The Bertz CT molecular complexity index is 811. The minimum atomic E-state index is 0.280. The maximum atomic E-state index is 9.94. The second-order valence-corrected chi connectivity index (χ2v) is 6.43. The van der Waals surface area contributed by atoms with Crippen LogP contribution >= 0.6 is 15.9 Å². The zero-order valence-corrected chi connectivity index (χ0v) is 14.1.